The van der Waals surface area contributed by atoms with E-state index in [9.17, 15) is 8.42 Å². The Morgan fingerprint density at radius 2 is 1.82 bits per heavy atom. The molecular formula is C25H25FN4O2S. The molecule has 1 saturated heterocycles. The van der Waals surface area contributed by atoms with Gasteiger partial charge in [-0.1, -0.05) is 36.4 Å². The Morgan fingerprint density at radius 3 is 2.55 bits per heavy atom. The number of benzene rings is 3. The second kappa shape index (κ2) is 8.28. The number of sulfonamides is 1. The van der Waals surface area contributed by atoms with Crippen LogP contribution < -0.4 is 10.0 Å². The van der Waals surface area contributed by atoms with Crippen molar-refractivity contribution in [2.45, 2.75) is 26.3 Å². The Morgan fingerprint density at radius 1 is 1.03 bits per heavy atom. The van der Waals surface area contributed by atoms with Gasteiger partial charge in [0.1, 0.15) is 5.52 Å². The molecule has 1 aliphatic rings. The zero-order valence-corrected chi connectivity index (χ0v) is 19.1. The Labute approximate surface area is 192 Å². The molecule has 1 aliphatic heterocycles. The van der Waals surface area contributed by atoms with Crippen molar-refractivity contribution >= 4 is 26.6 Å². The van der Waals surface area contributed by atoms with Crippen LogP contribution in [0, 0.1) is 12.7 Å². The summed E-state index contributed by atoms with van der Waals surface area (Å²) >= 11 is 0. The van der Waals surface area contributed by atoms with Crippen LogP contribution >= 0.6 is 0 Å². The number of hydrogen-bond acceptors (Lipinski definition) is 4. The molecule has 0 atom stereocenters. The first-order valence-corrected chi connectivity index (χ1v) is 12.6. The standard InChI is InChI=1S/C25H25FN4O2S/c1-17-22-11-12-23(19-7-9-20(10-8-19)29-13-2-3-14-33(29,31)32)24(26)25(22)30(28-17)21-6-4-5-18(15-21)16-27/h4-12,15H,2-3,13-14,16,27H2,1H3. The predicted octanol–water partition coefficient (Wildman–Crippen LogP) is 4.53. The van der Waals surface area contributed by atoms with Crippen molar-refractivity contribution in [3.8, 4) is 16.8 Å². The molecule has 6 nitrogen and oxygen atoms in total. The molecule has 3 aromatic carbocycles. The number of rotatable bonds is 4. The third-order valence-corrected chi connectivity index (χ3v) is 8.04. The summed E-state index contributed by atoms with van der Waals surface area (Å²) in [7, 11) is -3.29. The van der Waals surface area contributed by atoms with E-state index in [1.165, 1.54) is 4.31 Å². The molecule has 0 aliphatic carbocycles. The molecule has 33 heavy (non-hydrogen) atoms. The van der Waals surface area contributed by atoms with E-state index in [-0.39, 0.29) is 11.6 Å². The van der Waals surface area contributed by atoms with Gasteiger partial charge in [0.05, 0.1) is 22.8 Å². The Bertz CT molecular complexity index is 1450. The van der Waals surface area contributed by atoms with Crippen molar-refractivity contribution in [3.63, 3.8) is 0 Å². The van der Waals surface area contributed by atoms with Crippen LogP contribution in [-0.4, -0.2) is 30.5 Å². The highest BCUT2D eigenvalue weighted by atomic mass is 32.2. The van der Waals surface area contributed by atoms with Crippen molar-refractivity contribution in [2.24, 2.45) is 5.73 Å². The van der Waals surface area contributed by atoms with E-state index in [0.29, 0.717) is 41.8 Å². The molecule has 1 fully saturated rings. The normalized spacial score (nSPS) is 15.8. The quantitative estimate of drug-likeness (QED) is 0.481. The van der Waals surface area contributed by atoms with Crippen molar-refractivity contribution < 1.29 is 12.8 Å². The van der Waals surface area contributed by atoms with Crippen molar-refractivity contribution in [1.82, 2.24) is 9.78 Å². The first-order valence-electron chi connectivity index (χ1n) is 11.0. The van der Waals surface area contributed by atoms with E-state index in [4.69, 9.17) is 5.73 Å². The first-order chi connectivity index (χ1) is 15.9. The highest BCUT2D eigenvalue weighted by molar-refractivity contribution is 7.92. The van der Waals surface area contributed by atoms with Crippen LogP contribution in [0.4, 0.5) is 10.1 Å². The van der Waals surface area contributed by atoms with E-state index in [1.807, 2.05) is 37.3 Å². The van der Waals surface area contributed by atoms with E-state index in [1.54, 1.807) is 35.0 Å². The van der Waals surface area contributed by atoms with Gasteiger partial charge in [-0.3, -0.25) is 4.31 Å². The lowest BCUT2D eigenvalue weighted by molar-refractivity contribution is 0.574. The summed E-state index contributed by atoms with van der Waals surface area (Å²) in [6.45, 7) is 2.72. The topological polar surface area (TPSA) is 81.2 Å². The van der Waals surface area contributed by atoms with Crippen LogP contribution in [0.2, 0.25) is 0 Å². The number of anilines is 1. The lowest BCUT2D eigenvalue weighted by atomic mass is 10.0. The van der Waals surface area contributed by atoms with Crippen LogP contribution in [-0.2, 0) is 16.6 Å². The number of fused-ring (bicyclic) bond motifs is 1. The molecule has 170 valence electrons. The molecule has 0 spiro atoms. The van der Waals surface area contributed by atoms with Gasteiger partial charge in [-0.2, -0.15) is 5.10 Å². The second-order valence-electron chi connectivity index (χ2n) is 8.34. The molecular weight excluding hydrogens is 439 g/mol. The summed E-state index contributed by atoms with van der Waals surface area (Å²) in [6, 6.07) is 18.3. The minimum atomic E-state index is -3.29. The number of hydrogen-bond donors (Lipinski definition) is 1. The average Bonchev–Trinajstić information content (AvgIpc) is 3.17. The molecule has 4 aromatic rings. The van der Waals surface area contributed by atoms with Gasteiger partial charge in [0.15, 0.2) is 5.82 Å². The van der Waals surface area contributed by atoms with E-state index in [0.717, 1.165) is 28.8 Å². The summed E-state index contributed by atoms with van der Waals surface area (Å²) in [5.41, 5.74) is 10.3. The van der Waals surface area contributed by atoms with E-state index >= 15 is 4.39 Å². The highest BCUT2D eigenvalue weighted by Crippen LogP contribution is 2.33. The van der Waals surface area contributed by atoms with Gasteiger partial charge in [0.2, 0.25) is 10.0 Å². The fourth-order valence-corrected chi connectivity index (χ4v) is 6.07. The van der Waals surface area contributed by atoms with Crippen LogP contribution in [0.25, 0.3) is 27.7 Å². The molecule has 5 rings (SSSR count). The predicted molar refractivity (Wildman–Crippen MR) is 129 cm³/mol. The molecule has 0 radical (unpaired) electrons. The smallest absolute Gasteiger partial charge is 0.235 e. The summed E-state index contributed by atoms with van der Waals surface area (Å²) in [4.78, 5) is 0. The molecule has 0 bridgehead atoms. The van der Waals surface area contributed by atoms with Crippen molar-refractivity contribution in [3.05, 3.63) is 77.7 Å². The average molecular weight is 465 g/mol. The van der Waals surface area contributed by atoms with Crippen molar-refractivity contribution in [1.29, 1.82) is 0 Å². The van der Waals surface area contributed by atoms with Crippen LogP contribution in [0.5, 0.6) is 0 Å². The summed E-state index contributed by atoms with van der Waals surface area (Å²) in [6.07, 6.45) is 1.52. The number of nitrogens with two attached hydrogens (primary N) is 1. The Balaban J connectivity index is 1.59. The summed E-state index contributed by atoms with van der Waals surface area (Å²) < 4.78 is 43.8. The molecule has 0 amide bonds. The molecule has 0 saturated carbocycles. The maximum atomic E-state index is 15.9. The lowest BCUT2D eigenvalue weighted by Gasteiger charge is -2.28. The molecule has 8 heteroatoms. The van der Waals surface area contributed by atoms with E-state index in [2.05, 4.69) is 5.10 Å². The molecule has 0 unspecified atom stereocenters. The third-order valence-electron chi connectivity index (χ3n) is 6.17. The fraction of sp³-hybridized carbons (Fsp3) is 0.240. The summed E-state index contributed by atoms with van der Waals surface area (Å²) in [5.74, 6) is -0.209. The van der Waals surface area contributed by atoms with E-state index < -0.39 is 10.0 Å². The van der Waals surface area contributed by atoms with Gasteiger partial charge in [-0.05, 0) is 55.2 Å². The Hall–Kier alpha value is -3.23. The van der Waals surface area contributed by atoms with Gasteiger partial charge in [-0.25, -0.2) is 17.5 Å². The largest absolute Gasteiger partial charge is 0.326 e. The molecule has 2 heterocycles. The van der Waals surface area contributed by atoms with Gasteiger partial charge in [-0.15, -0.1) is 0 Å². The van der Waals surface area contributed by atoms with Crippen LogP contribution in [0.1, 0.15) is 24.1 Å². The zero-order chi connectivity index (χ0) is 23.2. The van der Waals surface area contributed by atoms with Gasteiger partial charge in [0.25, 0.3) is 0 Å². The number of nitrogens with zero attached hydrogens (tertiary/aromatic N) is 3. The molecule has 1 aromatic heterocycles. The maximum absolute atomic E-state index is 15.9. The molecule has 2 N–H and O–H groups in total. The summed E-state index contributed by atoms with van der Waals surface area (Å²) in [5, 5.41) is 5.33. The Kier molecular flexibility index (Phi) is 5.42. The zero-order valence-electron chi connectivity index (χ0n) is 18.3. The van der Waals surface area contributed by atoms with Gasteiger partial charge >= 0.3 is 0 Å². The van der Waals surface area contributed by atoms with Gasteiger partial charge < -0.3 is 5.73 Å². The monoisotopic (exact) mass is 464 g/mol. The number of aryl methyl sites for hydroxylation is 1. The number of halogens is 1. The highest BCUT2D eigenvalue weighted by Gasteiger charge is 2.26. The van der Waals surface area contributed by atoms with Crippen LogP contribution in [0.15, 0.2) is 60.7 Å². The maximum Gasteiger partial charge on any atom is 0.235 e. The van der Waals surface area contributed by atoms with Gasteiger partial charge in [0, 0.05) is 24.0 Å². The second-order valence-corrected chi connectivity index (χ2v) is 10.3. The third kappa shape index (κ3) is 3.79. The SMILES string of the molecule is Cc1nn(-c2cccc(CN)c2)c2c(F)c(-c3ccc(N4CCCCS4(=O)=O)cc3)ccc12. The van der Waals surface area contributed by atoms with Crippen LogP contribution in [0.3, 0.4) is 0 Å². The number of aromatic nitrogens is 2. The minimum absolute atomic E-state index is 0.161. The van der Waals surface area contributed by atoms with Crippen molar-refractivity contribution in [2.75, 3.05) is 16.6 Å². The first kappa shape index (κ1) is 21.6. The fourth-order valence-electron chi connectivity index (χ4n) is 4.43. The lowest BCUT2D eigenvalue weighted by Crippen LogP contribution is -2.37. The minimum Gasteiger partial charge on any atom is -0.326 e.